The standard InChI is InChI=1S/C8H12S2/c1-2-5-10-8-3-6-9-7-4-8/h1,8H,3-7H2. The van der Waals surface area contributed by atoms with E-state index in [-0.39, 0.29) is 0 Å². The molecular weight excluding hydrogens is 160 g/mol. The maximum atomic E-state index is 5.17. The largest absolute Gasteiger partial charge is 0.162 e. The minimum atomic E-state index is 0.859. The lowest BCUT2D eigenvalue weighted by molar-refractivity contribution is 0.786. The molecule has 2 heteroatoms. The Labute approximate surface area is 71.5 Å². The highest BCUT2D eigenvalue weighted by Gasteiger charge is 2.12. The van der Waals surface area contributed by atoms with Gasteiger partial charge >= 0.3 is 0 Å². The van der Waals surface area contributed by atoms with E-state index in [1.165, 1.54) is 24.3 Å². The van der Waals surface area contributed by atoms with Gasteiger partial charge in [0, 0.05) is 5.25 Å². The molecule has 0 saturated carbocycles. The molecule has 0 aliphatic carbocycles. The van der Waals surface area contributed by atoms with Crippen molar-refractivity contribution in [2.24, 2.45) is 0 Å². The van der Waals surface area contributed by atoms with Crippen LogP contribution in [-0.4, -0.2) is 22.5 Å². The molecule has 0 radical (unpaired) electrons. The van der Waals surface area contributed by atoms with Crippen LogP contribution in [-0.2, 0) is 0 Å². The van der Waals surface area contributed by atoms with Gasteiger partial charge in [-0.2, -0.15) is 11.8 Å². The third kappa shape index (κ3) is 2.90. The first kappa shape index (κ1) is 8.36. The van der Waals surface area contributed by atoms with E-state index in [1.807, 2.05) is 11.8 Å². The van der Waals surface area contributed by atoms with E-state index in [9.17, 15) is 0 Å². The fraction of sp³-hybridized carbons (Fsp3) is 0.750. The molecule has 1 aliphatic heterocycles. The van der Waals surface area contributed by atoms with Crippen LogP contribution in [0.3, 0.4) is 0 Å². The van der Waals surface area contributed by atoms with Crippen molar-refractivity contribution >= 4 is 23.5 Å². The molecular formula is C8H12S2. The third-order valence-corrected chi connectivity index (χ3v) is 3.90. The molecule has 56 valence electrons. The van der Waals surface area contributed by atoms with Crippen LogP contribution in [0.1, 0.15) is 12.8 Å². The van der Waals surface area contributed by atoms with Crippen LogP contribution < -0.4 is 0 Å². The van der Waals surface area contributed by atoms with Crippen LogP contribution >= 0.6 is 23.5 Å². The molecule has 0 unspecified atom stereocenters. The van der Waals surface area contributed by atoms with Crippen LogP contribution in [0.15, 0.2) is 0 Å². The Morgan fingerprint density at radius 3 is 2.80 bits per heavy atom. The van der Waals surface area contributed by atoms with Gasteiger partial charge in [0.2, 0.25) is 0 Å². The average molecular weight is 172 g/mol. The summed E-state index contributed by atoms with van der Waals surface area (Å²) in [5.41, 5.74) is 0. The fourth-order valence-corrected chi connectivity index (χ4v) is 3.31. The van der Waals surface area contributed by atoms with E-state index in [0.717, 1.165) is 11.0 Å². The SMILES string of the molecule is C#CCSC1CCSCC1. The molecule has 1 fully saturated rings. The van der Waals surface area contributed by atoms with Crippen molar-refractivity contribution in [1.82, 2.24) is 0 Å². The zero-order chi connectivity index (χ0) is 7.23. The van der Waals surface area contributed by atoms with Gasteiger partial charge in [0.05, 0.1) is 5.75 Å². The normalized spacial score (nSPS) is 20.3. The highest BCUT2D eigenvalue weighted by Crippen LogP contribution is 2.26. The Morgan fingerprint density at radius 1 is 1.50 bits per heavy atom. The topological polar surface area (TPSA) is 0 Å². The second-order valence-corrected chi connectivity index (χ2v) is 4.84. The fourth-order valence-electron chi connectivity index (χ4n) is 1.01. The molecule has 0 aromatic carbocycles. The summed E-state index contributed by atoms with van der Waals surface area (Å²) in [7, 11) is 0. The van der Waals surface area contributed by atoms with Gasteiger partial charge in [0.15, 0.2) is 0 Å². The first-order valence-electron chi connectivity index (χ1n) is 3.56. The number of terminal acetylenes is 1. The average Bonchev–Trinajstić information content (AvgIpc) is 2.03. The molecule has 10 heavy (non-hydrogen) atoms. The summed E-state index contributed by atoms with van der Waals surface area (Å²) in [4.78, 5) is 0. The van der Waals surface area contributed by atoms with Crippen molar-refractivity contribution in [2.45, 2.75) is 18.1 Å². The van der Waals surface area contributed by atoms with Crippen molar-refractivity contribution < 1.29 is 0 Å². The summed E-state index contributed by atoms with van der Waals surface area (Å²) >= 11 is 4.02. The Morgan fingerprint density at radius 2 is 2.20 bits per heavy atom. The van der Waals surface area contributed by atoms with Gasteiger partial charge in [-0.1, -0.05) is 5.92 Å². The van der Waals surface area contributed by atoms with Gasteiger partial charge in [-0.25, -0.2) is 0 Å². The van der Waals surface area contributed by atoms with E-state index < -0.39 is 0 Å². The first-order chi connectivity index (χ1) is 4.93. The van der Waals surface area contributed by atoms with Crippen molar-refractivity contribution in [1.29, 1.82) is 0 Å². The highest BCUT2D eigenvalue weighted by molar-refractivity contribution is 8.01. The van der Waals surface area contributed by atoms with Gasteiger partial charge in [-0.15, -0.1) is 18.2 Å². The van der Waals surface area contributed by atoms with Gasteiger partial charge in [0.1, 0.15) is 0 Å². The van der Waals surface area contributed by atoms with Gasteiger partial charge < -0.3 is 0 Å². The van der Waals surface area contributed by atoms with Crippen LogP contribution in [0.5, 0.6) is 0 Å². The zero-order valence-electron chi connectivity index (χ0n) is 6.01. The van der Waals surface area contributed by atoms with E-state index in [4.69, 9.17) is 6.42 Å². The molecule has 0 N–H and O–H groups in total. The molecule has 0 bridgehead atoms. The second-order valence-electron chi connectivity index (χ2n) is 2.33. The third-order valence-electron chi connectivity index (χ3n) is 1.57. The minimum absolute atomic E-state index is 0.859. The number of hydrogen-bond donors (Lipinski definition) is 0. The minimum Gasteiger partial charge on any atom is -0.162 e. The van der Waals surface area contributed by atoms with Crippen LogP contribution in [0.2, 0.25) is 0 Å². The van der Waals surface area contributed by atoms with Gasteiger partial charge in [-0.05, 0) is 24.3 Å². The number of hydrogen-bond acceptors (Lipinski definition) is 2. The molecule has 1 aliphatic rings. The highest BCUT2D eigenvalue weighted by atomic mass is 32.2. The van der Waals surface area contributed by atoms with Gasteiger partial charge in [-0.3, -0.25) is 0 Å². The molecule has 1 heterocycles. The predicted molar refractivity (Wildman–Crippen MR) is 51.6 cm³/mol. The molecule has 0 aromatic heterocycles. The Kier molecular flexibility index (Phi) is 4.16. The molecule has 0 amide bonds. The molecule has 1 rings (SSSR count). The summed E-state index contributed by atoms with van der Waals surface area (Å²) in [6.45, 7) is 0. The quantitative estimate of drug-likeness (QED) is 0.586. The second kappa shape index (κ2) is 4.98. The lowest BCUT2D eigenvalue weighted by Crippen LogP contribution is -2.11. The monoisotopic (exact) mass is 172 g/mol. The smallest absolute Gasteiger partial charge is 0.0547 e. The summed E-state index contributed by atoms with van der Waals surface area (Å²) in [6, 6.07) is 0. The number of rotatable bonds is 2. The van der Waals surface area contributed by atoms with E-state index in [0.29, 0.717) is 0 Å². The molecule has 1 saturated heterocycles. The number of thioether (sulfide) groups is 2. The predicted octanol–water partition coefficient (Wildman–Crippen LogP) is 2.25. The van der Waals surface area contributed by atoms with Crippen molar-refractivity contribution in [3.05, 3.63) is 0 Å². The summed E-state index contributed by atoms with van der Waals surface area (Å²) in [5, 5.41) is 0.859. The van der Waals surface area contributed by atoms with Crippen molar-refractivity contribution in [2.75, 3.05) is 17.3 Å². The Hall–Kier alpha value is 0.260. The van der Waals surface area contributed by atoms with Crippen LogP contribution in [0.25, 0.3) is 0 Å². The van der Waals surface area contributed by atoms with Crippen LogP contribution in [0.4, 0.5) is 0 Å². The van der Waals surface area contributed by atoms with E-state index >= 15 is 0 Å². The summed E-state index contributed by atoms with van der Waals surface area (Å²) < 4.78 is 0. The molecule has 0 nitrogen and oxygen atoms in total. The van der Waals surface area contributed by atoms with Gasteiger partial charge in [0.25, 0.3) is 0 Å². The van der Waals surface area contributed by atoms with E-state index in [2.05, 4.69) is 17.7 Å². The summed E-state index contributed by atoms with van der Waals surface area (Å²) in [6.07, 6.45) is 7.89. The van der Waals surface area contributed by atoms with Crippen LogP contribution in [0, 0.1) is 12.3 Å². The molecule has 0 spiro atoms. The molecule has 0 aromatic rings. The molecule has 0 atom stereocenters. The van der Waals surface area contributed by atoms with E-state index in [1.54, 1.807) is 0 Å². The maximum Gasteiger partial charge on any atom is 0.0547 e. The Balaban J connectivity index is 2.09. The first-order valence-corrected chi connectivity index (χ1v) is 5.76. The lowest BCUT2D eigenvalue weighted by Gasteiger charge is -2.19. The van der Waals surface area contributed by atoms with Crippen molar-refractivity contribution in [3.8, 4) is 12.3 Å². The maximum absolute atomic E-state index is 5.17. The Bertz CT molecular complexity index is 120. The zero-order valence-corrected chi connectivity index (χ0v) is 7.64. The van der Waals surface area contributed by atoms with Crippen molar-refractivity contribution in [3.63, 3.8) is 0 Å². The lowest BCUT2D eigenvalue weighted by atomic mass is 10.2. The summed E-state index contributed by atoms with van der Waals surface area (Å²) in [5.74, 6) is 6.24.